The van der Waals surface area contributed by atoms with E-state index in [4.69, 9.17) is 9.47 Å². The Morgan fingerprint density at radius 2 is 1.68 bits per heavy atom. The molecule has 2 unspecified atom stereocenters. The Kier molecular flexibility index (Phi) is 8.56. The third-order valence-corrected chi connectivity index (χ3v) is 6.90. The fourth-order valence-corrected chi connectivity index (χ4v) is 4.63. The second-order valence-corrected chi connectivity index (χ2v) is 10.0. The minimum Gasteiger partial charge on any atom is -0.494 e. The van der Waals surface area contributed by atoms with Gasteiger partial charge in [0.15, 0.2) is 0 Å². The highest BCUT2D eigenvalue weighted by atomic mass is 19.4. The maximum Gasteiger partial charge on any atom is 0.416 e. The number of halogens is 3. The summed E-state index contributed by atoms with van der Waals surface area (Å²) in [4.78, 5) is 27.8. The average Bonchev–Trinajstić information content (AvgIpc) is 3.17. The van der Waals surface area contributed by atoms with Crippen LogP contribution in [-0.4, -0.2) is 58.7 Å². The van der Waals surface area contributed by atoms with Crippen LogP contribution in [0.25, 0.3) is 0 Å². The highest BCUT2D eigenvalue weighted by Crippen LogP contribution is 2.30. The van der Waals surface area contributed by atoms with E-state index in [0.29, 0.717) is 36.6 Å². The van der Waals surface area contributed by atoms with E-state index in [1.165, 1.54) is 17.9 Å². The second-order valence-electron chi connectivity index (χ2n) is 10.0. The summed E-state index contributed by atoms with van der Waals surface area (Å²) < 4.78 is 50.8. The monoisotopic (exact) mass is 556 g/mol. The number of amides is 2. The van der Waals surface area contributed by atoms with Crippen LogP contribution in [0.1, 0.15) is 30.0 Å². The maximum atomic E-state index is 13.0. The smallest absolute Gasteiger partial charge is 0.416 e. The van der Waals surface area contributed by atoms with Crippen molar-refractivity contribution in [2.75, 3.05) is 20.2 Å². The number of carbonyl (C=O) groups is 2. The Morgan fingerprint density at radius 3 is 2.33 bits per heavy atom. The van der Waals surface area contributed by atoms with Crippen molar-refractivity contribution in [3.05, 3.63) is 95.6 Å². The van der Waals surface area contributed by atoms with Crippen molar-refractivity contribution in [2.45, 2.75) is 44.1 Å². The first kappa shape index (κ1) is 28.8. The zero-order chi connectivity index (χ0) is 28.9. The fraction of sp³-hybridized carbons (Fsp3) is 0.333. The lowest BCUT2D eigenvalue weighted by Crippen LogP contribution is -2.43. The number of rotatable bonds is 11. The summed E-state index contributed by atoms with van der Waals surface area (Å²) in [5.74, 6) is -0.0114. The van der Waals surface area contributed by atoms with E-state index in [0.717, 1.165) is 17.7 Å². The Labute approximate surface area is 230 Å². The van der Waals surface area contributed by atoms with Gasteiger partial charge in [0.2, 0.25) is 5.60 Å². The van der Waals surface area contributed by atoms with Crippen molar-refractivity contribution >= 4 is 12.0 Å². The minimum atomic E-state index is -4.44. The summed E-state index contributed by atoms with van der Waals surface area (Å²) in [6, 6.07) is 20.5. The van der Waals surface area contributed by atoms with Crippen LogP contribution in [-0.2, 0) is 23.9 Å². The Bertz CT molecular complexity index is 1320. The van der Waals surface area contributed by atoms with Gasteiger partial charge in [0.05, 0.1) is 18.2 Å². The molecule has 7 nitrogen and oxygen atoms in total. The van der Waals surface area contributed by atoms with Crippen molar-refractivity contribution in [1.29, 1.82) is 0 Å². The molecule has 1 aliphatic heterocycles. The molecule has 40 heavy (non-hydrogen) atoms. The summed E-state index contributed by atoms with van der Waals surface area (Å²) in [6.45, 7) is 2.32. The molecule has 3 aromatic carbocycles. The number of carbonyl (C=O) groups excluding carboxylic acids is 1. The van der Waals surface area contributed by atoms with Crippen LogP contribution in [0.3, 0.4) is 0 Å². The van der Waals surface area contributed by atoms with Gasteiger partial charge in [0.25, 0.3) is 0 Å². The summed E-state index contributed by atoms with van der Waals surface area (Å²) in [7, 11) is 1.67. The molecule has 0 aromatic heterocycles. The molecule has 10 heteroatoms. The standard InChI is InChI=1S/C30H31F3N2O5/c1-29(27(36)37,40-26-9-4-3-5-10-26)18-21-11-13-25(14-12-21)39-16-15-24-20-35(28(38)34(24)2)19-22-7-6-8-23(17-22)30(31,32)33/h3-14,17,24H,15-16,18-20H2,1-2H3,(H,36,37). The van der Waals surface area contributed by atoms with Crippen LogP contribution >= 0.6 is 0 Å². The molecule has 0 aliphatic carbocycles. The Hall–Kier alpha value is -4.21. The van der Waals surface area contributed by atoms with Crippen LogP contribution in [0, 0.1) is 0 Å². The predicted molar refractivity (Wildman–Crippen MR) is 142 cm³/mol. The molecule has 0 spiro atoms. The quantitative estimate of drug-likeness (QED) is 0.319. The van der Waals surface area contributed by atoms with Gasteiger partial charge in [-0.1, -0.05) is 42.5 Å². The third-order valence-electron chi connectivity index (χ3n) is 6.90. The molecule has 1 saturated heterocycles. The number of carboxylic acid groups (broad SMARTS) is 1. The SMILES string of the molecule is CN1C(=O)N(Cc2cccc(C(F)(F)F)c2)CC1CCOc1ccc(CC(C)(Oc2ccccc2)C(=O)O)cc1. The van der Waals surface area contributed by atoms with Crippen LogP contribution in [0.5, 0.6) is 11.5 Å². The molecule has 212 valence electrons. The lowest BCUT2D eigenvalue weighted by molar-refractivity contribution is -0.153. The highest BCUT2D eigenvalue weighted by Gasteiger charge is 2.37. The molecule has 3 aromatic rings. The fourth-order valence-electron chi connectivity index (χ4n) is 4.63. The largest absolute Gasteiger partial charge is 0.494 e. The zero-order valence-electron chi connectivity index (χ0n) is 22.2. The van der Waals surface area contributed by atoms with Gasteiger partial charge in [-0.2, -0.15) is 13.2 Å². The highest BCUT2D eigenvalue weighted by molar-refractivity contribution is 5.78. The van der Waals surface area contributed by atoms with Gasteiger partial charge in [-0.05, 0) is 54.4 Å². The Morgan fingerprint density at radius 1 is 0.975 bits per heavy atom. The van der Waals surface area contributed by atoms with E-state index in [1.807, 2.05) is 6.07 Å². The molecule has 2 amide bonds. The molecule has 1 fully saturated rings. The van der Waals surface area contributed by atoms with Crippen LogP contribution in [0.4, 0.5) is 18.0 Å². The number of urea groups is 1. The zero-order valence-corrected chi connectivity index (χ0v) is 22.2. The van der Waals surface area contributed by atoms with E-state index in [9.17, 15) is 27.9 Å². The second kappa shape index (κ2) is 11.9. The summed E-state index contributed by atoms with van der Waals surface area (Å²) in [6.07, 6.45) is -3.76. The van der Waals surface area contributed by atoms with E-state index in [2.05, 4.69) is 0 Å². The van der Waals surface area contributed by atoms with Crippen LogP contribution < -0.4 is 9.47 Å². The molecule has 0 bridgehead atoms. The molecule has 0 radical (unpaired) electrons. The van der Waals surface area contributed by atoms with Gasteiger partial charge in [0, 0.05) is 33.0 Å². The molecular formula is C30H31F3N2O5. The number of ether oxygens (including phenoxy) is 2. The van der Waals surface area contributed by atoms with Crippen molar-refractivity contribution in [2.24, 2.45) is 0 Å². The Balaban J connectivity index is 1.29. The summed E-state index contributed by atoms with van der Waals surface area (Å²) in [5.41, 5.74) is -1.01. The van der Waals surface area contributed by atoms with Crippen LogP contribution in [0.15, 0.2) is 78.9 Å². The van der Waals surface area contributed by atoms with Crippen molar-refractivity contribution < 1.29 is 37.3 Å². The van der Waals surface area contributed by atoms with E-state index in [1.54, 1.807) is 66.5 Å². The molecule has 1 aliphatic rings. The summed E-state index contributed by atoms with van der Waals surface area (Å²) >= 11 is 0. The van der Waals surface area contributed by atoms with E-state index >= 15 is 0 Å². The van der Waals surface area contributed by atoms with E-state index in [-0.39, 0.29) is 25.0 Å². The average molecular weight is 557 g/mol. The number of aliphatic carboxylic acids is 1. The predicted octanol–water partition coefficient (Wildman–Crippen LogP) is 5.88. The third kappa shape index (κ3) is 7.05. The van der Waals surface area contributed by atoms with Gasteiger partial charge in [0.1, 0.15) is 11.5 Å². The first-order valence-electron chi connectivity index (χ1n) is 12.8. The van der Waals surface area contributed by atoms with Crippen molar-refractivity contribution in [3.63, 3.8) is 0 Å². The lowest BCUT2D eigenvalue weighted by Gasteiger charge is -2.26. The number of benzene rings is 3. The van der Waals surface area contributed by atoms with Gasteiger partial charge in [-0.15, -0.1) is 0 Å². The number of nitrogens with zero attached hydrogens (tertiary/aromatic N) is 2. The maximum absolute atomic E-state index is 13.0. The van der Waals surface area contributed by atoms with Gasteiger partial charge in [-0.25, -0.2) is 9.59 Å². The van der Waals surface area contributed by atoms with Crippen molar-refractivity contribution in [3.8, 4) is 11.5 Å². The molecule has 2 atom stereocenters. The van der Waals surface area contributed by atoms with Crippen molar-refractivity contribution in [1.82, 2.24) is 9.80 Å². The van der Waals surface area contributed by atoms with Crippen LogP contribution in [0.2, 0.25) is 0 Å². The lowest BCUT2D eigenvalue weighted by atomic mass is 9.96. The topological polar surface area (TPSA) is 79.3 Å². The summed E-state index contributed by atoms with van der Waals surface area (Å²) in [5, 5.41) is 9.79. The van der Waals surface area contributed by atoms with E-state index < -0.39 is 23.3 Å². The van der Waals surface area contributed by atoms with Gasteiger partial charge < -0.3 is 24.4 Å². The normalized spacial score (nSPS) is 17.0. The first-order valence-corrected chi connectivity index (χ1v) is 12.8. The molecule has 0 saturated carbocycles. The molecule has 4 rings (SSSR count). The number of hydrogen-bond acceptors (Lipinski definition) is 4. The number of alkyl halides is 3. The van der Waals surface area contributed by atoms with Gasteiger partial charge in [-0.3, -0.25) is 0 Å². The number of para-hydroxylation sites is 1. The number of carboxylic acids is 1. The molecular weight excluding hydrogens is 525 g/mol. The first-order chi connectivity index (χ1) is 18.9. The van der Waals surface area contributed by atoms with Gasteiger partial charge >= 0.3 is 18.2 Å². The molecule has 1 N–H and O–H groups in total. The number of likely N-dealkylation sites (N-methyl/N-ethyl adjacent to an activating group) is 1. The number of hydrogen-bond donors (Lipinski definition) is 1. The minimum absolute atomic E-state index is 0.0924. The molecule has 1 heterocycles.